The van der Waals surface area contributed by atoms with Crippen LogP contribution in [-0.4, -0.2) is 38.3 Å². The Kier molecular flexibility index (Phi) is 7.54. The Hall–Kier alpha value is -3.75. The van der Waals surface area contributed by atoms with Crippen molar-refractivity contribution in [1.29, 1.82) is 0 Å². The smallest absolute Gasteiger partial charge is 0.407 e. The number of nitrogens with one attached hydrogen (secondary N) is 2. The predicted molar refractivity (Wildman–Crippen MR) is 120 cm³/mol. The van der Waals surface area contributed by atoms with Crippen molar-refractivity contribution < 1.29 is 14.3 Å². The predicted octanol–water partition coefficient (Wildman–Crippen LogP) is 3.60. The summed E-state index contributed by atoms with van der Waals surface area (Å²) in [5.74, 6) is 0.685. The summed E-state index contributed by atoms with van der Waals surface area (Å²) >= 11 is 0. The lowest BCUT2D eigenvalue weighted by Gasteiger charge is -2.13. The molecule has 0 saturated carbocycles. The Labute approximate surface area is 187 Å². The number of anilines is 1. The average molecular weight is 437 g/mol. The third kappa shape index (κ3) is 6.63. The summed E-state index contributed by atoms with van der Waals surface area (Å²) < 4.78 is 6.68. The van der Waals surface area contributed by atoms with Gasteiger partial charge in [-0.25, -0.2) is 14.8 Å². The molecule has 3 aromatic rings. The summed E-state index contributed by atoms with van der Waals surface area (Å²) in [5.41, 5.74) is 1.52. The molecule has 0 aliphatic heterocycles. The number of hydrogen-bond donors (Lipinski definition) is 2. The summed E-state index contributed by atoms with van der Waals surface area (Å²) in [5, 5.41) is 10.1. The van der Waals surface area contributed by atoms with Crippen molar-refractivity contribution in [3.63, 3.8) is 0 Å². The summed E-state index contributed by atoms with van der Waals surface area (Å²) in [7, 11) is 0. The van der Waals surface area contributed by atoms with E-state index in [0.29, 0.717) is 24.7 Å². The van der Waals surface area contributed by atoms with E-state index in [1.807, 2.05) is 57.2 Å². The molecule has 0 unspecified atom stereocenters. The first kappa shape index (κ1) is 22.9. The molecule has 0 spiro atoms. The summed E-state index contributed by atoms with van der Waals surface area (Å²) in [6.07, 6.45) is 3.42. The van der Waals surface area contributed by atoms with Gasteiger partial charge in [-0.05, 0) is 18.1 Å². The zero-order valence-corrected chi connectivity index (χ0v) is 18.5. The molecular weight excluding hydrogens is 408 g/mol. The second-order valence-electron chi connectivity index (χ2n) is 8.27. The van der Waals surface area contributed by atoms with Crippen molar-refractivity contribution in [2.24, 2.45) is 0 Å². The Morgan fingerprint density at radius 1 is 1.06 bits per heavy atom. The first-order valence-corrected chi connectivity index (χ1v) is 10.5. The highest BCUT2D eigenvalue weighted by molar-refractivity contribution is 5.90. The normalized spacial score (nSPS) is 11.1. The monoisotopic (exact) mass is 436 g/mol. The first-order valence-electron chi connectivity index (χ1n) is 10.5. The maximum Gasteiger partial charge on any atom is 0.407 e. The number of rotatable bonds is 8. The molecule has 2 heterocycles. The lowest BCUT2D eigenvalue weighted by molar-refractivity contribution is -0.116. The van der Waals surface area contributed by atoms with Crippen LogP contribution in [0.15, 0.2) is 54.9 Å². The lowest BCUT2D eigenvalue weighted by atomic mass is 9.92. The number of nitrogens with zero attached hydrogens (tertiary/aromatic N) is 4. The molecule has 168 valence electrons. The van der Waals surface area contributed by atoms with E-state index in [2.05, 4.69) is 25.7 Å². The van der Waals surface area contributed by atoms with E-state index in [9.17, 15) is 9.59 Å². The Balaban J connectivity index is 1.49. The zero-order chi connectivity index (χ0) is 23.0. The Morgan fingerprint density at radius 3 is 2.47 bits per heavy atom. The van der Waals surface area contributed by atoms with Crippen molar-refractivity contribution in [3.05, 3.63) is 66.1 Å². The lowest BCUT2D eigenvalue weighted by Crippen LogP contribution is -2.26. The van der Waals surface area contributed by atoms with Crippen LogP contribution in [0, 0.1) is 0 Å². The fraction of sp³-hybridized carbons (Fsp3) is 0.348. The van der Waals surface area contributed by atoms with E-state index in [-0.39, 0.29) is 24.3 Å². The molecular formula is C23H28N6O3. The highest BCUT2D eigenvalue weighted by atomic mass is 16.5. The van der Waals surface area contributed by atoms with Crippen LogP contribution < -0.4 is 10.6 Å². The van der Waals surface area contributed by atoms with Crippen LogP contribution in [0.5, 0.6) is 0 Å². The molecule has 0 bridgehead atoms. The number of carbonyl (C=O) groups excluding carboxylic acids is 2. The van der Waals surface area contributed by atoms with Crippen molar-refractivity contribution in [2.45, 2.75) is 45.6 Å². The van der Waals surface area contributed by atoms with Gasteiger partial charge in [-0.3, -0.25) is 4.79 Å². The molecule has 0 radical (unpaired) electrons. The highest BCUT2D eigenvalue weighted by Crippen LogP contribution is 2.25. The molecule has 9 heteroatoms. The summed E-state index contributed by atoms with van der Waals surface area (Å²) in [6, 6.07) is 13.0. The fourth-order valence-corrected chi connectivity index (χ4v) is 2.81. The third-order valence-corrected chi connectivity index (χ3v) is 4.55. The van der Waals surface area contributed by atoms with Crippen LogP contribution in [0.1, 0.15) is 44.9 Å². The maximum atomic E-state index is 12.5. The number of benzene rings is 1. The van der Waals surface area contributed by atoms with Gasteiger partial charge in [0.15, 0.2) is 0 Å². The average Bonchev–Trinajstić information content (AvgIpc) is 3.21. The standard InChI is InChI=1S/C23H28N6O3/c1-23(2,3)18-15-19(29(28-18)21-24-13-8-14-25-21)27-20(30)11-7-12-26-22(31)32-16-17-9-5-4-6-10-17/h4-6,8-10,13-15H,7,11-12,16H2,1-3H3,(H,26,31)(H,27,30). The van der Waals surface area contributed by atoms with Crippen LogP contribution >= 0.6 is 0 Å². The zero-order valence-electron chi connectivity index (χ0n) is 18.5. The molecule has 0 atom stereocenters. The van der Waals surface area contributed by atoms with Crippen LogP contribution in [0.25, 0.3) is 5.95 Å². The second-order valence-corrected chi connectivity index (χ2v) is 8.27. The number of amides is 2. The summed E-state index contributed by atoms with van der Waals surface area (Å²) in [4.78, 5) is 32.7. The van der Waals surface area contributed by atoms with Crippen LogP contribution in [0.2, 0.25) is 0 Å². The van der Waals surface area contributed by atoms with E-state index < -0.39 is 6.09 Å². The van der Waals surface area contributed by atoms with E-state index in [0.717, 1.165) is 11.3 Å². The molecule has 0 fully saturated rings. The van der Waals surface area contributed by atoms with Gasteiger partial charge in [-0.2, -0.15) is 9.78 Å². The molecule has 32 heavy (non-hydrogen) atoms. The number of hydrogen-bond acceptors (Lipinski definition) is 6. The van der Waals surface area contributed by atoms with Gasteiger partial charge in [-0.15, -0.1) is 0 Å². The topological polar surface area (TPSA) is 111 Å². The summed E-state index contributed by atoms with van der Waals surface area (Å²) in [6.45, 7) is 6.66. The maximum absolute atomic E-state index is 12.5. The van der Waals surface area contributed by atoms with Gasteiger partial charge in [-0.1, -0.05) is 51.1 Å². The number of carbonyl (C=O) groups is 2. The number of aromatic nitrogens is 4. The number of ether oxygens (including phenoxy) is 1. The van der Waals surface area contributed by atoms with E-state index >= 15 is 0 Å². The Morgan fingerprint density at radius 2 is 1.78 bits per heavy atom. The minimum atomic E-state index is -0.511. The van der Waals surface area contributed by atoms with Gasteiger partial charge in [0.1, 0.15) is 12.4 Å². The molecule has 0 aliphatic carbocycles. The van der Waals surface area contributed by atoms with Gasteiger partial charge < -0.3 is 15.4 Å². The minimum Gasteiger partial charge on any atom is -0.445 e. The SMILES string of the molecule is CC(C)(C)c1cc(NC(=O)CCCNC(=O)OCc2ccccc2)n(-c2ncccn2)n1. The second kappa shape index (κ2) is 10.5. The van der Waals surface area contributed by atoms with Crippen LogP contribution in [-0.2, 0) is 21.6 Å². The molecule has 1 aromatic carbocycles. The first-order chi connectivity index (χ1) is 15.3. The molecule has 9 nitrogen and oxygen atoms in total. The van der Waals surface area contributed by atoms with Crippen LogP contribution in [0.3, 0.4) is 0 Å². The van der Waals surface area contributed by atoms with Gasteiger partial charge in [0, 0.05) is 36.8 Å². The quantitative estimate of drug-likeness (QED) is 0.522. The minimum absolute atomic E-state index is 0.193. The molecule has 0 saturated heterocycles. The highest BCUT2D eigenvalue weighted by Gasteiger charge is 2.22. The fourth-order valence-electron chi connectivity index (χ4n) is 2.81. The molecule has 2 N–H and O–H groups in total. The number of alkyl carbamates (subject to hydrolysis) is 1. The van der Waals surface area contributed by atoms with Gasteiger partial charge >= 0.3 is 6.09 Å². The molecule has 3 rings (SSSR count). The van der Waals surface area contributed by atoms with Crippen LogP contribution in [0.4, 0.5) is 10.6 Å². The molecule has 0 aliphatic rings. The van der Waals surface area contributed by atoms with Crippen molar-refractivity contribution in [3.8, 4) is 5.95 Å². The molecule has 2 amide bonds. The van der Waals surface area contributed by atoms with Crippen molar-refractivity contribution in [1.82, 2.24) is 25.1 Å². The Bertz CT molecular complexity index is 1030. The van der Waals surface area contributed by atoms with Gasteiger partial charge in [0.2, 0.25) is 5.91 Å². The largest absolute Gasteiger partial charge is 0.445 e. The van der Waals surface area contributed by atoms with Gasteiger partial charge in [0.25, 0.3) is 5.95 Å². The molecule has 2 aromatic heterocycles. The van der Waals surface area contributed by atoms with Crippen molar-refractivity contribution in [2.75, 3.05) is 11.9 Å². The van der Waals surface area contributed by atoms with Crippen molar-refractivity contribution >= 4 is 17.8 Å². The van der Waals surface area contributed by atoms with Gasteiger partial charge in [0.05, 0.1) is 5.69 Å². The van der Waals surface area contributed by atoms with E-state index in [1.54, 1.807) is 18.5 Å². The van der Waals surface area contributed by atoms with E-state index in [1.165, 1.54) is 4.68 Å². The van der Waals surface area contributed by atoms with E-state index in [4.69, 9.17) is 4.74 Å². The third-order valence-electron chi connectivity index (χ3n) is 4.55.